The van der Waals surface area contributed by atoms with Crippen LogP contribution < -0.4 is 10.1 Å². The number of aromatic nitrogens is 3. The first kappa shape index (κ1) is 16.5. The van der Waals surface area contributed by atoms with Gasteiger partial charge >= 0.3 is 0 Å². The highest BCUT2D eigenvalue weighted by molar-refractivity contribution is 7.13. The van der Waals surface area contributed by atoms with Crippen molar-refractivity contribution < 1.29 is 13.9 Å². The molecule has 2 aromatic heterocycles. The molecular formula is C15H13FN4O2S. The predicted octanol–water partition coefficient (Wildman–Crippen LogP) is 3.18. The third-order valence-corrected chi connectivity index (χ3v) is 3.32. The number of allylic oxidation sites excluding steroid dienone is 1. The summed E-state index contributed by atoms with van der Waals surface area (Å²) >= 11 is 1.30. The molecule has 23 heavy (non-hydrogen) atoms. The molecule has 0 fully saturated rings. The van der Waals surface area contributed by atoms with Gasteiger partial charge in [-0.3, -0.25) is 10.1 Å². The van der Waals surface area contributed by atoms with Gasteiger partial charge in [0.2, 0.25) is 0 Å². The Morgan fingerprint density at radius 1 is 1.43 bits per heavy atom. The molecule has 0 aliphatic heterocycles. The van der Waals surface area contributed by atoms with Crippen molar-refractivity contribution in [2.75, 3.05) is 5.32 Å². The number of amides is 1. The average molecular weight is 332 g/mol. The van der Waals surface area contributed by atoms with Crippen molar-refractivity contribution in [2.45, 2.75) is 6.92 Å². The second-order valence-corrected chi connectivity index (χ2v) is 5.15. The van der Waals surface area contributed by atoms with Gasteiger partial charge in [-0.2, -0.15) is 0 Å². The third-order valence-electron chi connectivity index (χ3n) is 2.45. The van der Waals surface area contributed by atoms with Crippen LogP contribution in [0.3, 0.4) is 0 Å². The first-order valence-electron chi connectivity index (χ1n) is 6.42. The van der Waals surface area contributed by atoms with Gasteiger partial charge in [0.15, 0.2) is 10.9 Å². The van der Waals surface area contributed by atoms with Crippen LogP contribution in [-0.2, 0) is 4.79 Å². The number of anilines is 1. The van der Waals surface area contributed by atoms with Crippen LogP contribution in [0.2, 0.25) is 0 Å². The Morgan fingerprint density at radius 3 is 2.78 bits per heavy atom. The number of thiazole rings is 1. The van der Waals surface area contributed by atoms with Gasteiger partial charge in [-0.25, -0.2) is 19.3 Å². The molecule has 2 rings (SSSR count). The topological polar surface area (TPSA) is 77.0 Å². The summed E-state index contributed by atoms with van der Waals surface area (Å²) in [4.78, 5) is 23.7. The molecule has 0 saturated heterocycles. The Bertz CT molecular complexity index is 756. The molecule has 0 saturated carbocycles. The second kappa shape index (κ2) is 7.95. The fraction of sp³-hybridized carbons (Fsp3) is 0.0667. The highest BCUT2D eigenvalue weighted by atomic mass is 32.1. The number of carbonyl (C=O) groups is 1. The van der Waals surface area contributed by atoms with Gasteiger partial charge < -0.3 is 4.74 Å². The zero-order valence-electron chi connectivity index (χ0n) is 12.2. The van der Waals surface area contributed by atoms with Gasteiger partial charge in [0, 0.05) is 17.0 Å². The van der Waals surface area contributed by atoms with E-state index in [1.165, 1.54) is 36.1 Å². The lowest BCUT2D eigenvalue weighted by Gasteiger charge is -2.06. The van der Waals surface area contributed by atoms with Crippen LogP contribution in [0.1, 0.15) is 5.69 Å². The number of rotatable bonds is 6. The van der Waals surface area contributed by atoms with Crippen molar-refractivity contribution in [3.63, 3.8) is 0 Å². The van der Waals surface area contributed by atoms with Gasteiger partial charge in [-0.05, 0) is 13.0 Å². The van der Waals surface area contributed by atoms with E-state index in [4.69, 9.17) is 4.74 Å². The van der Waals surface area contributed by atoms with E-state index in [2.05, 4.69) is 26.8 Å². The van der Waals surface area contributed by atoms with Crippen LogP contribution in [0.25, 0.3) is 0 Å². The summed E-state index contributed by atoms with van der Waals surface area (Å²) in [7, 11) is 0. The van der Waals surface area contributed by atoms with E-state index in [-0.39, 0.29) is 11.3 Å². The number of ether oxygens (including phenoxy) is 1. The Balaban J connectivity index is 2.08. The molecular weight excluding hydrogens is 319 g/mol. The maximum Gasteiger partial charge on any atom is 0.256 e. The number of hydrogen-bond acceptors (Lipinski definition) is 6. The molecule has 2 heterocycles. The Kier molecular flexibility index (Phi) is 5.70. The summed E-state index contributed by atoms with van der Waals surface area (Å²) in [6, 6.07) is 0. The van der Waals surface area contributed by atoms with Gasteiger partial charge in [-0.15, -0.1) is 11.3 Å². The van der Waals surface area contributed by atoms with Crippen LogP contribution in [-0.4, -0.2) is 20.9 Å². The van der Waals surface area contributed by atoms with Gasteiger partial charge in [0.1, 0.15) is 12.1 Å². The van der Waals surface area contributed by atoms with Crippen molar-refractivity contribution in [1.29, 1.82) is 0 Å². The van der Waals surface area contributed by atoms with Crippen molar-refractivity contribution >= 4 is 22.4 Å². The SMILES string of the molecule is C=C(/C=C(\C=C\F)Oc1cncnc1)C(=O)Nc1nc(C)cs1. The summed E-state index contributed by atoms with van der Waals surface area (Å²) < 4.78 is 17.9. The zero-order valence-corrected chi connectivity index (χ0v) is 13.0. The molecule has 0 unspecified atom stereocenters. The van der Waals surface area contributed by atoms with E-state index in [9.17, 15) is 9.18 Å². The van der Waals surface area contributed by atoms with Crippen molar-refractivity contribution in [3.05, 3.63) is 66.2 Å². The minimum atomic E-state index is -0.461. The minimum absolute atomic E-state index is 0.0813. The van der Waals surface area contributed by atoms with Crippen molar-refractivity contribution in [3.8, 4) is 5.75 Å². The molecule has 118 valence electrons. The second-order valence-electron chi connectivity index (χ2n) is 4.29. The van der Waals surface area contributed by atoms with Crippen LogP contribution >= 0.6 is 11.3 Å². The van der Waals surface area contributed by atoms with Crippen LogP contribution in [0.4, 0.5) is 9.52 Å². The van der Waals surface area contributed by atoms with Gasteiger partial charge in [0.05, 0.1) is 24.4 Å². The van der Waals surface area contributed by atoms with Crippen LogP contribution in [0.15, 0.2) is 60.5 Å². The Labute approximate surface area is 136 Å². The fourth-order valence-corrected chi connectivity index (χ4v) is 2.16. The fourth-order valence-electron chi connectivity index (χ4n) is 1.47. The van der Waals surface area contributed by atoms with E-state index in [1.54, 1.807) is 0 Å². The Hall–Kier alpha value is -2.87. The largest absolute Gasteiger partial charge is 0.454 e. The van der Waals surface area contributed by atoms with Crippen molar-refractivity contribution in [1.82, 2.24) is 15.0 Å². The van der Waals surface area contributed by atoms with E-state index in [0.717, 1.165) is 11.8 Å². The third kappa shape index (κ3) is 5.11. The molecule has 0 spiro atoms. The smallest absolute Gasteiger partial charge is 0.256 e. The number of aryl methyl sites for hydroxylation is 1. The average Bonchev–Trinajstić information content (AvgIpc) is 2.93. The first-order chi connectivity index (χ1) is 11.1. The molecule has 1 N–H and O–H groups in total. The number of nitrogens with zero attached hydrogens (tertiary/aromatic N) is 3. The van der Waals surface area contributed by atoms with E-state index < -0.39 is 5.91 Å². The monoisotopic (exact) mass is 332 g/mol. The van der Waals surface area contributed by atoms with Gasteiger partial charge in [-0.1, -0.05) is 6.58 Å². The molecule has 0 radical (unpaired) electrons. The summed E-state index contributed by atoms with van der Waals surface area (Å²) in [6.07, 6.45) is 6.81. The number of carbonyl (C=O) groups excluding carboxylic acids is 1. The lowest BCUT2D eigenvalue weighted by molar-refractivity contribution is -0.112. The minimum Gasteiger partial charge on any atom is -0.454 e. The molecule has 1 amide bonds. The summed E-state index contributed by atoms with van der Waals surface area (Å²) in [6.45, 7) is 5.46. The van der Waals surface area contributed by atoms with Gasteiger partial charge in [0.25, 0.3) is 5.91 Å². The maximum atomic E-state index is 12.5. The molecule has 0 aliphatic carbocycles. The van der Waals surface area contributed by atoms with Crippen LogP contribution in [0, 0.1) is 6.92 Å². The quantitative estimate of drug-likeness (QED) is 0.499. The summed E-state index contributed by atoms with van der Waals surface area (Å²) in [5.74, 6) is -0.0737. The molecule has 0 aliphatic rings. The predicted molar refractivity (Wildman–Crippen MR) is 85.6 cm³/mol. The molecule has 8 heteroatoms. The molecule has 0 bridgehead atoms. The highest BCUT2D eigenvalue weighted by Gasteiger charge is 2.09. The van der Waals surface area contributed by atoms with Crippen molar-refractivity contribution in [2.24, 2.45) is 0 Å². The standard InChI is InChI=1S/C15H13FN4O2S/c1-10(14(21)20-15-19-11(2)8-23-15)5-12(3-4-16)22-13-6-17-9-18-7-13/h3-9H,1H2,2H3,(H,19,20,21)/b4-3+,12-5+. The molecule has 0 atom stereocenters. The lowest BCUT2D eigenvalue weighted by atomic mass is 10.2. The molecule has 6 nitrogen and oxygen atoms in total. The number of nitrogens with one attached hydrogen (secondary N) is 1. The summed E-state index contributed by atoms with van der Waals surface area (Å²) in [5, 5.41) is 4.87. The van der Waals surface area contributed by atoms with Crippen LogP contribution in [0.5, 0.6) is 5.75 Å². The highest BCUT2D eigenvalue weighted by Crippen LogP contribution is 2.17. The molecule has 2 aromatic rings. The molecule has 0 aromatic carbocycles. The Morgan fingerprint density at radius 2 is 2.17 bits per heavy atom. The first-order valence-corrected chi connectivity index (χ1v) is 7.30. The maximum absolute atomic E-state index is 12.5. The number of halogens is 1. The number of hydrogen-bond donors (Lipinski definition) is 1. The summed E-state index contributed by atoms with van der Waals surface area (Å²) in [5.41, 5.74) is 0.891. The lowest BCUT2D eigenvalue weighted by Crippen LogP contribution is -2.13. The van der Waals surface area contributed by atoms with E-state index in [1.807, 2.05) is 12.3 Å². The zero-order chi connectivity index (χ0) is 16.7. The van der Waals surface area contributed by atoms with E-state index >= 15 is 0 Å². The normalized spacial score (nSPS) is 11.5. The van der Waals surface area contributed by atoms with E-state index in [0.29, 0.717) is 17.2 Å².